The highest BCUT2D eigenvalue weighted by molar-refractivity contribution is 6.35. The summed E-state index contributed by atoms with van der Waals surface area (Å²) < 4.78 is 46.1. The average molecular weight is 423 g/mol. The van der Waals surface area contributed by atoms with E-state index in [0.717, 1.165) is 12.1 Å². The highest BCUT2D eigenvalue weighted by Crippen LogP contribution is 2.34. The number of hydrogen-bond acceptors (Lipinski definition) is 3. The van der Waals surface area contributed by atoms with Crippen LogP contribution in [0, 0.1) is 0 Å². The highest BCUT2D eigenvalue weighted by Gasteiger charge is 2.31. The van der Waals surface area contributed by atoms with Gasteiger partial charge in [0.1, 0.15) is 17.4 Å². The Bertz CT molecular complexity index is 1200. The summed E-state index contributed by atoms with van der Waals surface area (Å²) in [5, 5.41) is 2.66. The van der Waals surface area contributed by atoms with Gasteiger partial charge in [0.15, 0.2) is 0 Å². The van der Waals surface area contributed by atoms with E-state index in [1.54, 1.807) is 10.6 Å². The Balaban J connectivity index is 1.79. The molecule has 1 amide bonds. The molecule has 5 nitrogen and oxygen atoms in total. The first-order valence-electron chi connectivity index (χ1n) is 8.66. The lowest BCUT2D eigenvalue weighted by atomic mass is 10.1. The monoisotopic (exact) mass is 422 g/mol. The summed E-state index contributed by atoms with van der Waals surface area (Å²) in [6, 6.07) is 7.36. The highest BCUT2D eigenvalue weighted by atomic mass is 35.5. The molecule has 0 unspecified atom stereocenters. The molecule has 1 atom stereocenters. The van der Waals surface area contributed by atoms with Gasteiger partial charge in [-0.3, -0.25) is 9.59 Å². The van der Waals surface area contributed by atoms with Crippen LogP contribution in [-0.2, 0) is 12.7 Å². The van der Waals surface area contributed by atoms with Crippen LogP contribution in [-0.4, -0.2) is 16.6 Å². The quantitative estimate of drug-likeness (QED) is 0.650. The number of nitrogens with zero attached hydrogens (tertiary/aromatic N) is 1. The van der Waals surface area contributed by atoms with Crippen LogP contribution in [0.2, 0.25) is 5.02 Å². The first-order chi connectivity index (χ1) is 13.6. The minimum Gasteiger partial charge on any atom is -0.487 e. The van der Waals surface area contributed by atoms with Gasteiger partial charge in [0.2, 0.25) is 5.43 Å². The van der Waals surface area contributed by atoms with Crippen molar-refractivity contribution in [3.05, 3.63) is 69.0 Å². The zero-order valence-corrected chi connectivity index (χ0v) is 15.8. The molecule has 0 saturated heterocycles. The van der Waals surface area contributed by atoms with Crippen LogP contribution in [0.1, 0.15) is 22.8 Å². The average Bonchev–Trinajstić information content (AvgIpc) is 2.65. The summed E-state index contributed by atoms with van der Waals surface area (Å²) in [7, 11) is 0. The number of alkyl halides is 3. The molecule has 29 heavy (non-hydrogen) atoms. The summed E-state index contributed by atoms with van der Waals surface area (Å²) in [6.07, 6.45) is -3.37. The van der Waals surface area contributed by atoms with E-state index in [1.165, 1.54) is 24.4 Å². The van der Waals surface area contributed by atoms with Gasteiger partial charge in [0.05, 0.1) is 28.0 Å². The molecule has 4 rings (SSSR count). The SMILES string of the molecule is C[C@H]1Cn2cc(C(=O)Nc3cccc(C(F)(F)F)c3)c(=O)c3c(Cl)ccc(c32)O1. The molecular formula is C20H14ClF3N2O3. The van der Waals surface area contributed by atoms with E-state index in [4.69, 9.17) is 16.3 Å². The Morgan fingerprint density at radius 3 is 2.76 bits per heavy atom. The van der Waals surface area contributed by atoms with Crippen LogP contribution in [0.15, 0.2) is 47.4 Å². The van der Waals surface area contributed by atoms with Crippen LogP contribution in [0.25, 0.3) is 10.9 Å². The van der Waals surface area contributed by atoms with Crippen molar-refractivity contribution >= 4 is 34.1 Å². The van der Waals surface area contributed by atoms with E-state index in [9.17, 15) is 22.8 Å². The van der Waals surface area contributed by atoms with E-state index in [0.29, 0.717) is 17.8 Å². The number of amides is 1. The van der Waals surface area contributed by atoms with Crippen molar-refractivity contribution in [2.24, 2.45) is 0 Å². The summed E-state index contributed by atoms with van der Waals surface area (Å²) in [5.41, 5.74) is -1.33. The molecule has 0 spiro atoms. The predicted octanol–water partition coefficient (Wildman–Crippen LogP) is 4.71. The number of anilines is 1. The normalized spacial score (nSPS) is 15.8. The lowest BCUT2D eigenvalue weighted by Crippen LogP contribution is -2.30. The number of carbonyl (C=O) groups excluding carboxylic acids is 1. The number of pyridine rings is 1. The minimum atomic E-state index is -4.55. The Kier molecular flexibility index (Phi) is 4.53. The Morgan fingerprint density at radius 2 is 2.03 bits per heavy atom. The van der Waals surface area contributed by atoms with Gasteiger partial charge in [0.25, 0.3) is 5.91 Å². The Hall–Kier alpha value is -3.00. The van der Waals surface area contributed by atoms with E-state index in [1.807, 2.05) is 6.92 Å². The maximum Gasteiger partial charge on any atom is 0.416 e. The van der Waals surface area contributed by atoms with Crippen LogP contribution >= 0.6 is 11.6 Å². The van der Waals surface area contributed by atoms with Crippen molar-refractivity contribution in [1.29, 1.82) is 0 Å². The van der Waals surface area contributed by atoms with Crippen molar-refractivity contribution in [2.75, 3.05) is 5.32 Å². The standard InChI is InChI=1S/C20H14ClF3N2O3/c1-10-8-26-9-13(18(27)16-14(21)5-6-15(29-10)17(16)26)19(28)25-12-4-2-3-11(7-12)20(22,23)24/h2-7,9-10H,8H2,1H3,(H,25,28)/t10-/m0/s1. The summed E-state index contributed by atoms with van der Waals surface area (Å²) >= 11 is 6.21. The van der Waals surface area contributed by atoms with Gasteiger partial charge >= 0.3 is 6.18 Å². The first kappa shape index (κ1) is 19.3. The number of aromatic nitrogens is 1. The molecule has 0 aliphatic carbocycles. The van der Waals surface area contributed by atoms with E-state index >= 15 is 0 Å². The molecule has 1 aromatic heterocycles. The third-order valence-corrected chi connectivity index (χ3v) is 4.92. The molecule has 1 N–H and O–H groups in total. The molecule has 0 radical (unpaired) electrons. The second-order valence-electron chi connectivity index (χ2n) is 6.75. The van der Waals surface area contributed by atoms with Crippen molar-refractivity contribution < 1.29 is 22.7 Å². The van der Waals surface area contributed by atoms with Crippen molar-refractivity contribution in [1.82, 2.24) is 4.57 Å². The number of nitrogens with one attached hydrogen (secondary N) is 1. The van der Waals surface area contributed by atoms with Crippen LogP contribution < -0.4 is 15.5 Å². The van der Waals surface area contributed by atoms with Gasteiger partial charge in [-0.05, 0) is 37.3 Å². The fraction of sp³-hybridized carbons (Fsp3) is 0.200. The van der Waals surface area contributed by atoms with Crippen LogP contribution in [0.4, 0.5) is 18.9 Å². The molecule has 3 aromatic rings. The van der Waals surface area contributed by atoms with Gasteiger partial charge in [-0.15, -0.1) is 0 Å². The molecule has 1 aliphatic heterocycles. The number of hydrogen-bond donors (Lipinski definition) is 1. The van der Waals surface area contributed by atoms with Crippen molar-refractivity contribution in [3.8, 4) is 5.75 Å². The van der Waals surface area contributed by atoms with Gasteiger partial charge < -0.3 is 14.6 Å². The number of rotatable bonds is 2. The Labute approximate surface area is 167 Å². The molecule has 0 saturated carbocycles. The molecule has 2 aromatic carbocycles. The first-order valence-corrected chi connectivity index (χ1v) is 9.04. The zero-order valence-electron chi connectivity index (χ0n) is 15.0. The number of ether oxygens (including phenoxy) is 1. The van der Waals surface area contributed by atoms with Gasteiger partial charge in [-0.25, -0.2) is 0 Å². The van der Waals surface area contributed by atoms with Crippen LogP contribution in [0.3, 0.4) is 0 Å². The van der Waals surface area contributed by atoms with Crippen molar-refractivity contribution in [2.45, 2.75) is 25.7 Å². The predicted molar refractivity (Wildman–Crippen MR) is 103 cm³/mol. The van der Waals surface area contributed by atoms with Gasteiger partial charge in [0, 0.05) is 11.9 Å². The molecule has 1 aliphatic rings. The van der Waals surface area contributed by atoms with Gasteiger partial charge in [-0.2, -0.15) is 13.2 Å². The Morgan fingerprint density at radius 1 is 1.28 bits per heavy atom. The fourth-order valence-corrected chi connectivity index (χ4v) is 3.60. The molecule has 9 heteroatoms. The molecule has 0 bridgehead atoms. The lowest BCUT2D eigenvalue weighted by molar-refractivity contribution is -0.137. The van der Waals surface area contributed by atoms with E-state index in [-0.39, 0.29) is 27.8 Å². The second kappa shape index (κ2) is 6.81. The third-order valence-electron chi connectivity index (χ3n) is 4.61. The van der Waals surface area contributed by atoms with Crippen LogP contribution in [0.5, 0.6) is 5.75 Å². The molecule has 2 heterocycles. The summed E-state index contributed by atoms with van der Waals surface area (Å²) in [4.78, 5) is 25.7. The number of benzene rings is 2. The number of halogens is 4. The smallest absolute Gasteiger partial charge is 0.416 e. The lowest BCUT2D eigenvalue weighted by Gasteiger charge is -2.26. The zero-order chi connectivity index (χ0) is 20.9. The maximum atomic E-state index is 12.9. The van der Waals surface area contributed by atoms with E-state index in [2.05, 4.69) is 5.32 Å². The maximum absolute atomic E-state index is 12.9. The fourth-order valence-electron chi connectivity index (χ4n) is 3.37. The third kappa shape index (κ3) is 3.44. The second-order valence-corrected chi connectivity index (χ2v) is 7.16. The molecular weight excluding hydrogens is 409 g/mol. The molecule has 0 fully saturated rings. The summed E-state index contributed by atoms with van der Waals surface area (Å²) in [6.45, 7) is 2.22. The minimum absolute atomic E-state index is 0.0699. The molecule has 150 valence electrons. The van der Waals surface area contributed by atoms with E-state index < -0.39 is 23.1 Å². The summed E-state index contributed by atoms with van der Waals surface area (Å²) in [5.74, 6) is -0.342. The largest absolute Gasteiger partial charge is 0.487 e. The topological polar surface area (TPSA) is 60.3 Å². The van der Waals surface area contributed by atoms with Crippen molar-refractivity contribution in [3.63, 3.8) is 0 Å². The van der Waals surface area contributed by atoms with Gasteiger partial charge in [-0.1, -0.05) is 17.7 Å². The number of carbonyl (C=O) groups is 1.